The van der Waals surface area contributed by atoms with Gasteiger partial charge in [0.25, 0.3) is 0 Å². The first-order chi connectivity index (χ1) is 16.7. The Morgan fingerprint density at radius 2 is 1.63 bits per heavy atom. The lowest BCUT2D eigenvalue weighted by Gasteiger charge is -2.51. The average Bonchev–Trinajstić information content (AvgIpc) is 3.33. The van der Waals surface area contributed by atoms with Gasteiger partial charge >= 0.3 is 11.9 Å². The normalized spacial score (nSPS) is 26.6. The highest BCUT2D eigenvalue weighted by molar-refractivity contribution is 6.42. The van der Waals surface area contributed by atoms with Crippen molar-refractivity contribution in [1.29, 1.82) is 0 Å². The minimum atomic E-state index is -1.26. The molecule has 1 aromatic rings. The Morgan fingerprint density at radius 3 is 2.26 bits per heavy atom. The third-order valence-electron chi connectivity index (χ3n) is 7.38. The fourth-order valence-electron chi connectivity index (χ4n) is 5.81. The number of fused-ring (bicyclic) bond motifs is 1. The molecule has 35 heavy (non-hydrogen) atoms. The quantitative estimate of drug-likeness (QED) is 0.452. The zero-order valence-electron chi connectivity index (χ0n) is 19.8. The smallest absolute Gasteiger partial charge is 0.328 e. The lowest BCUT2D eigenvalue weighted by Crippen LogP contribution is -2.68. The second-order valence-electron chi connectivity index (χ2n) is 9.68. The Hall–Kier alpha value is -1.93. The summed E-state index contributed by atoms with van der Waals surface area (Å²) < 4.78 is 0. The maximum atomic E-state index is 13.8. The fraction of sp³-hybridized carbons (Fsp3) is 0.577. The van der Waals surface area contributed by atoms with E-state index >= 15 is 0 Å². The van der Waals surface area contributed by atoms with E-state index in [1.807, 2.05) is 12.1 Å². The van der Waals surface area contributed by atoms with Gasteiger partial charge in [0, 0.05) is 25.1 Å². The zero-order valence-corrected chi connectivity index (χ0v) is 21.4. The number of nitrogens with one attached hydrogen (secondary N) is 1. The molecule has 9 heteroatoms. The summed E-state index contributed by atoms with van der Waals surface area (Å²) in [4.78, 5) is 35.4. The maximum absolute atomic E-state index is 13.8. The van der Waals surface area contributed by atoms with E-state index in [4.69, 9.17) is 33.4 Å². The van der Waals surface area contributed by atoms with Crippen molar-refractivity contribution in [2.45, 2.75) is 56.9 Å². The van der Waals surface area contributed by atoms with Crippen molar-refractivity contribution in [2.75, 3.05) is 26.2 Å². The van der Waals surface area contributed by atoms with E-state index < -0.39 is 17.5 Å². The standard InChI is InChI=1S/C22H30Cl2N2O.C4H4O4/c23-19-8-7-16(13-20(19)24)14-21(27)22(15-26-11-3-4-12-26)18-6-2-1-5-17(18)9-10-25-22;5-3(6)1-2-4(7)8/h7-8,13,17-18,25H,1-6,9-12,14-15H2;1-2H,(H,5,6)(H,7,8). The molecule has 3 aliphatic rings. The molecule has 4 rings (SSSR count). The number of carboxylic acids is 2. The van der Waals surface area contributed by atoms with Gasteiger partial charge in [-0.2, -0.15) is 0 Å². The lowest BCUT2D eigenvalue weighted by molar-refractivity contribution is -0.134. The Labute approximate surface area is 216 Å². The zero-order chi connectivity index (χ0) is 25.4. The van der Waals surface area contributed by atoms with Gasteiger partial charge in [-0.1, -0.05) is 48.5 Å². The number of nitrogens with zero attached hydrogens (tertiary/aromatic N) is 1. The number of Topliss-reactive ketones (excluding diaryl/α,β-unsaturated/α-hetero) is 1. The maximum Gasteiger partial charge on any atom is 0.328 e. The van der Waals surface area contributed by atoms with Crippen molar-refractivity contribution in [3.05, 3.63) is 46.0 Å². The molecule has 0 aromatic heterocycles. The van der Waals surface area contributed by atoms with Crippen LogP contribution in [0.25, 0.3) is 0 Å². The molecule has 7 nitrogen and oxygen atoms in total. The largest absolute Gasteiger partial charge is 0.478 e. The molecular weight excluding hydrogens is 491 g/mol. The molecule has 2 saturated heterocycles. The van der Waals surface area contributed by atoms with Gasteiger partial charge in [0.2, 0.25) is 0 Å². The summed E-state index contributed by atoms with van der Waals surface area (Å²) in [6.45, 7) is 4.08. The fourth-order valence-corrected chi connectivity index (χ4v) is 6.13. The van der Waals surface area contributed by atoms with Gasteiger partial charge in [0.15, 0.2) is 5.78 Å². The molecule has 1 aliphatic carbocycles. The third kappa shape index (κ3) is 7.53. The Balaban J connectivity index is 0.000000371. The van der Waals surface area contributed by atoms with Crippen molar-refractivity contribution in [1.82, 2.24) is 10.2 Å². The summed E-state index contributed by atoms with van der Waals surface area (Å²) in [6.07, 6.45) is 10.3. The molecule has 0 spiro atoms. The SMILES string of the molecule is O=C(Cc1ccc(Cl)c(Cl)c1)C1(CN2CCCC2)NCCC2CCCCC21.O=C(O)C=CC(=O)O. The monoisotopic (exact) mass is 524 g/mol. The molecule has 2 heterocycles. The van der Waals surface area contributed by atoms with Crippen LogP contribution in [0.4, 0.5) is 0 Å². The number of rotatable bonds is 7. The first-order valence-corrected chi connectivity index (χ1v) is 13.1. The highest BCUT2D eigenvalue weighted by atomic mass is 35.5. The summed E-state index contributed by atoms with van der Waals surface area (Å²) in [7, 11) is 0. The van der Waals surface area contributed by atoms with Crippen LogP contribution in [-0.2, 0) is 20.8 Å². The number of likely N-dealkylation sites (tertiary alicyclic amines) is 1. The van der Waals surface area contributed by atoms with Crippen molar-refractivity contribution >= 4 is 40.9 Å². The predicted molar refractivity (Wildman–Crippen MR) is 136 cm³/mol. The highest BCUT2D eigenvalue weighted by Gasteiger charge is 2.51. The van der Waals surface area contributed by atoms with Crippen LogP contribution in [0.5, 0.6) is 0 Å². The minimum absolute atomic E-state index is 0.337. The molecule has 3 N–H and O–H groups in total. The number of carbonyl (C=O) groups is 3. The molecular formula is C26H34Cl2N2O5. The second kappa shape index (κ2) is 12.9. The first kappa shape index (κ1) is 27.7. The van der Waals surface area contributed by atoms with Crippen LogP contribution in [0.2, 0.25) is 10.0 Å². The molecule has 2 aliphatic heterocycles. The molecule has 0 radical (unpaired) electrons. The van der Waals surface area contributed by atoms with Gasteiger partial charge in [0.05, 0.1) is 15.6 Å². The van der Waals surface area contributed by atoms with Crippen LogP contribution in [0.1, 0.15) is 50.5 Å². The second-order valence-corrected chi connectivity index (χ2v) is 10.5. The number of hydrogen-bond donors (Lipinski definition) is 3. The van der Waals surface area contributed by atoms with Gasteiger partial charge < -0.3 is 20.4 Å². The first-order valence-electron chi connectivity index (χ1n) is 12.3. The van der Waals surface area contributed by atoms with Crippen LogP contribution < -0.4 is 5.32 Å². The predicted octanol–water partition coefficient (Wildman–Crippen LogP) is 4.45. The molecule has 3 unspecified atom stereocenters. The molecule has 3 atom stereocenters. The summed E-state index contributed by atoms with van der Waals surface area (Å²) in [5.41, 5.74) is 0.565. The van der Waals surface area contributed by atoms with E-state index in [1.54, 1.807) is 6.07 Å². The van der Waals surface area contributed by atoms with Crippen LogP contribution >= 0.6 is 23.2 Å². The van der Waals surface area contributed by atoms with E-state index in [1.165, 1.54) is 44.9 Å². The van der Waals surface area contributed by atoms with E-state index in [0.29, 0.717) is 46.2 Å². The van der Waals surface area contributed by atoms with E-state index in [-0.39, 0.29) is 0 Å². The number of hydrogen-bond acceptors (Lipinski definition) is 5. The van der Waals surface area contributed by atoms with Crippen molar-refractivity contribution in [2.24, 2.45) is 11.8 Å². The van der Waals surface area contributed by atoms with Gasteiger partial charge in [-0.05, 0) is 74.8 Å². The van der Waals surface area contributed by atoms with Crippen LogP contribution in [0, 0.1) is 11.8 Å². The highest BCUT2D eigenvalue weighted by Crippen LogP contribution is 2.43. The number of aliphatic carboxylic acids is 2. The molecule has 3 fully saturated rings. The topological polar surface area (TPSA) is 107 Å². The van der Waals surface area contributed by atoms with E-state index in [2.05, 4.69) is 10.2 Å². The summed E-state index contributed by atoms with van der Waals surface area (Å²) in [5.74, 6) is -1.01. The lowest BCUT2D eigenvalue weighted by atomic mass is 9.62. The Kier molecular flexibility index (Phi) is 10.2. The molecule has 1 aromatic carbocycles. The van der Waals surface area contributed by atoms with Crippen molar-refractivity contribution < 1.29 is 24.6 Å². The Morgan fingerprint density at radius 1 is 0.971 bits per heavy atom. The van der Waals surface area contributed by atoms with Gasteiger partial charge in [-0.25, -0.2) is 9.59 Å². The summed E-state index contributed by atoms with van der Waals surface area (Å²) in [5, 5.41) is 20.5. The molecule has 192 valence electrons. The van der Waals surface area contributed by atoms with Crippen molar-refractivity contribution in [3.63, 3.8) is 0 Å². The number of carboxylic acid groups (broad SMARTS) is 2. The number of halogens is 2. The summed E-state index contributed by atoms with van der Waals surface area (Å²) in [6, 6.07) is 5.60. The van der Waals surface area contributed by atoms with Gasteiger partial charge in [-0.3, -0.25) is 4.79 Å². The number of carbonyl (C=O) groups excluding carboxylic acids is 1. The Bertz CT molecular complexity index is 930. The van der Waals surface area contributed by atoms with Crippen molar-refractivity contribution in [3.8, 4) is 0 Å². The summed E-state index contributed by atoms with van der Waals surface area (Å²) >= 11 is 12.3. The molecule has 0 amide bonds. The van der Waals surface area contributed by atoms with E-state index in [0.717, 1.165) is 31.7 Å². The number of benzene rings is 1. The number of piperidine rings is 1. The number of ketones is 1. The van der Waals surface area contributed by atoms with Crippen LogP contribution in [0.15, 0.2) is 30.4 Å². The average molecular weight is 525 g/mol. The van der Waals surface area contributed by atoms with Crippen LogP contribution in [-0.4, -0.2) is 64.6 Å². The molecule has 1 saturated carbocycles. The van der Waals surface area contributed by atoms with Gasteiger partial charge in [-0.15, -0.1) is 0 Å². The van der Waals surface area contributed by atoms with Crippen LogP contribution in [0.3, 0.4) is 0 Å². The molecule has 0 bridgehead atoms. The minimum Gasteiger partial charge on any atom is -0.478 e. The third-order valence-corrected chi connectivity index (χ3v) is 8.12. The van der Waals surface area contributed by atoms with Gasteiger partial charge in [0.1, 0.15) is 0 Å². The van der Waals surface area contributed by atoms with E-state index in [9.17, 15) is 14.4 Å².